The van der Waals surface area contributed by atoms with Gasteiger partial charge < -0.3 is 0 Å². The van der Waals surface area contributed by atoms with E-state index in [2.05, 4.69) is 31.0 Å². The Morgan fingerprint density at radius 1 is 1.12 bits per heavy atom. The average Bonchev–Trinajstić information content (AvgIpc) is 2.63. The number of nitrogens with one attached hydrogen (secondary N) is 1. The van der Waals surface area contributed by atoms with Crippen molar-refractivity contribution >= 4 is 0 Å². The van der Waals surface area contributed by atoms with Gasteiger partial charge in [-0.3, -0.25) is 5.10 Å². The lowest BCUT2D eigenvalue weighted by Crippen LogP contribution is -2.10. The van der Waals surface area contributed by atoms with E-state index < -0.39 is 0 Å². The fraction of sp³-hybridized carbons (Fsp3) is 0.308. The molecule has 0 saturated carbocycles. The van der Waals surface area contributed by atoms with E-state index in [1.54, 1.807) is 0 Å². The number of H-pyrrole nitrogens is 1. The largest absolute Gasteiger partial charge is 0.253 e. The van der Waals surface area contributed by atoms with Gasteiger partial charge in [0, 0.05) is 0 Å². The SMILES string of the molecule is CC(C)(C)c1ccc(-c2cn[nH]c2F)cc1. The molecule has 0 fully saturated rings. The predicted octanol–water partition coefficient (Wildman–Crippen LogP) is 3.51. The number of hydrogen-bond donors (Lipinski definition) is 1. The van der Waals surface area contributed by atoms with Gasteiger partial charge in [0.15, 0.2) is 0 Å². The molecule has 16 heavy (non-hydrogen) atoms. The van der Waals surface area contributed by atoms with E-state index in [1.165, 1.54) is 11.8 Å². The lowest BCUT2D eigenvalue weighted by atomic mass is 9.86. The van der Waals surface area contributed by atoms with Crippen molar-refractivity contribution in [1.29, 1.82) is 0 Å². The van der Waals surface area contributed by atoms with Gasteiger partial charge in [-0.25, -0.2) is 0 Å². The van der Waals surface area contributed by atoms with E-state index in [9.17, 15) is 4.39 Å². The van der Waals surface area contributed by atoms with Crippen LogP contribution in [0.2, 0.25) is 0 Å². The molecular weight excluding hydrogens is 203 g/mol. The summed E-state index contributed by atoms with van der Waals surface area (Å²) in [5.41, 5.74) is 2.72. The molecule has 0 radical (unpaired) electrons. The molecule has 2 aromatic rings. The summed E-state index contributed by atoms with van der Waals surface area (Å²) in [6, 6.07) is 7.91. The number of aromatic amines is 1. The summed E-state index contributed by atoms with van der Waals surface area (Å²) in [7, 11) is 0. The Bertz CT molecular complexity index is 477. The molecule has 2 rings (SSSR count). The maximum Gasteiger partial charge on any atom is 0.216 e. The first-order chi connectivity index (χ1) is 7.48. The maximum absolute atomic E-state index is 13.3. The van der Waals surface area contributed by atoms with Gasteiger partial charge in [0.25, 0.3) is 0 Å². The third-order valence-corrected chi connectivity index (χ3v) is 2.65. The quantitative estimate of drug-likeness (QED) is 0.779. The van der Waals surface area contributed by atoms with Gasteiger partial charge in [-0.05, 0) is 16.5 Å². The van der Waals surface area contributed by atoms with Gasteiger partial charge in [0.1, 0.15) is 0 Å². The fourth-order valence-electron chi connectivity index (χ4n) is 1.62. The first-order valence-electron chi connectivity index (χ1n) is 5.28. The highest BCUT2D eigenvalue weighted by Crippen LogP contribution is 2.26. The highest BCUT2D eigenvalue weighted by molar-refractivity contribution is 5.62. The minimum Gasteiger partial charge on any atom is -0.253 e. The molecule has 0 aliphatic carbocycles. The summed E-state index contributed by atoms with van der Waals surface area (Å²) in [5.74, 6) is -0.386. The Hall–Kier alpha value is -1.64. The average molecular weight is 218 g/mol. The molecule has 0 bridgehead atoms. The van der Waals surface area contributed by atoms with E-state index in [4.69, 9.17) is 0 Å². The number of rotatable bonds is 1. The normalized spacial score (nSPS) is 11.8. The van der Waals surface area contributed by atoms with Crippen molar-refractivity contribution in [2.45, 2.75) is 26.2 Å². The third kappa shape index (κ3) is 1.98. The van der Waals surface area contributed by atoms with Crippen LogP contribution in [0.4, 0.5) is 4.39 Å². The maximum atomic E-state index is 13.3. The van der Waals surface area contributed by atoms with Crippen LogP contribution in [0.25, 0.3) is 11.1 Å². The smallest absolute Gasteiger partial charge is 0.216 e. The highest BCUT2D eigenvalue weighted by atomic mass is 19.1. The zero-order valence-electron chi connectivity index (χ0n) is 9.71. The van der Waals surface area contributed by atoms with Crippen molar-refractivity contribution in [2.24, 2.45) is 0 Å². The van der Waals surface area contributed by atoms with Crippen LogP contribution in [0.3, 0.4) is 0 Å². The van der Waals surface area contributed by atoms with Gasteiger partial charge in [-0.1, -0.05) is 45.0 Å². The fourth-order valence-corrected chi connectivity index (χ4v) is 1.62. The molecule has 3 heteroatoms. The van der Waals surface area contributed by atoms with Gasteiger partial charge in [0.2, 0.25) is 5.95 Å². The first kappa shape index (κ1) is 10.9. The standard InChI is InChI=1S/C13H15FN2/c1-13(2,3)10-6-4-9(5-7-10)11-8-15-16-12(11)14/h4-8H,1-3H3,(H,15,16). The monoisotopic (exact) mass is 218 g/mol. The topological polar surface area (TPSA) is 28.7 Å². The lowest BCUT2D eigenvalue weighted by Gasteiger charge is -2.18. The van der Waals surface area contributed by atoms with Crippen molar-refractivity contribution in [3.63, 3.8) is 0 Å². The van der Waals surface area contributed by atoms with Gasteiger partial charge >= 0.3 is 0 Å². The number of benzene rings is 1. The second-order valence-electron chi connectivity index (χ2n) is 4.93. The molecule has 0 unspecified atom stereocenters. The molecule has 1 aromatic heterocycles. The molecular formula is C13H15FN2. The van der Waals surface area contributed by atoms with Crippen LogP contribution in [0, 0.1) is 5.95 Å². The summed E-state index contributed by atoms with van der Waals surface area (Å²) < 4.78 is 13.3. The summed E-state index contributed by atoms with van der Waals surface area (Å²) in [6.07, 6.45) is 1.50. The van der Waals surface area contributed by atoms with Crippen LogP contribution in [-0.2, 0) is 5.41 Å². The number of nitrogens with zero attached hydrogens (tertiary/aromatic N) is 1. The van der Waals surface area contributed by atoms with Gasteiger partial charge in [-0.15, -0.1) is 0 Å². The van der Waals surface area contributed by atoms with E-state index in [1.807, 2.05) is 24.3 Å². The second-order valence-corrected chi connectivity index (χ2v) is 4.93. The van der Waals surface area contributed by atoms with E-state index >= 15 is 0 Å². The first-order valence-corrected chi connectivity index (χ1v) is 5.28. The highest BCUT2D eigenvalue weighted by Gasteiger charge is 2.14. The van der Waals surface area contributed by atoms with E-state index in [0.717, 1.165) is 5.56 Å². The van der Waals surface area contributed by atoms with Crippen molar-refractivity contribution < 1.29 is 4.39 Å². The van der Waals surface area contributed by atoms with Crippen molar-refractivity contribution in [1.82, 2.24) is 10.2 Å². The molecule has 0 amide bonds. The van der Waals surface area contributed by atoms with Gasteiger partial charge in [0.05, 0.1) is 11.8 Å². The second kappa shape index (κ2) is 3.74. The molecule has 2 nitrogen and oxygen atoms in total. The number of halogens is 1. The molecule has 1 aromatic carbocycles. The summed E-state index contributed by atoms with van der Waals surface area (Å²) in [4.78, 5) is 0. The van der Waals surface area contributed by atoms with Crippen LogP contribution in [0.1, 0.15) is 26.3 Å². The molecule has 0 aliphatic rings. The van der Waals surface area contributed by atoms with Crippen LogP contribution < -0.4 is 0 Å². The van der Waals surface area contributed by atoms with Crippen molar-refractivity contribution in [3.05, 3.63) is 42.0 Å². The predicted molar refractivity (Wildman–Crippen MR) is 62.7 cm³/mol. The Kier molecular flexibility index (Phi) is 2.54. The van der Waals surface area contributed by atoms with Crippen LogP contribution in [-0.4, -0.2) is 10.2 Å². The van der Waals surface area contributed by atoms with Gasteiger partial charge in [-0.2, -0.15) is 9.49 Å². The molecule has 1 N–H and O–H groups in total. The van der Waals surface area contributed by atoms with Crippen molar-refractivity contribution in [2.75, 3.05) is 0 Å². The van der Waals surface area contributed by atoms with Crippen LogP contribution in [0.5, 0.6) is 0 Å². The molecule has 0 saturated heterocycles. The van der Waals surface area contributed by atoms with E-state index in [0.29, 0.717) is 5.56 Å². The summed E-state index contributed by atoms with van der Waals surface area (Å²) in [5, 5.41) is 5.96. The molecule has 84 valence electrons. The molecule has 1 heterocycles. The lowest BCUT2D eigenvalue weighted by molar-refractivity contribution is 0.582. The number of hydrogen-bond acceptors (Lipinski definition) is 1. The number of aromatic nitrogens is 2. The minimum absolute atomic E-state index is 0.119. The Balaban J connectivity index is 2.37. The minimum atomic E-state index is -0.386. The van der Waals surface area contributed by atoms with E-state index in [-0.39, 0.29) is 11.4 Å². The third-order valence-electron chi connectivity index (χ3n) is 2.65. The zero-order chi connectivity index (χ0) is 11.8. The summed E-state index contributed by atoms with van der Waals surface area (Å²) >= 11 is 0. The zero-order valence-corrected chi connectivity index (χ0v) is 9.71. The Morgan fingerprint density at radius 3 is 2.19 bits per heavy atom. The summed E-state index contributed by atoms with van der Waals surface area (Å²) in [6.45, 7) is 6.46. The van der Waals surface area contributed by atoms with Crippen LogP contribution >= 0.6 is 0 Å². The van der Waals surface area contributed by atoms with Crippen LogP contribution in [0.15, 0.2) is 30.5 Å². The molecule has 0 spiro atoms. The molecule has 0 aliphatic heterocycles. The van der Waals surface area contributed by atoms with Crippen molar-refractivity contribution in [3.8, 4) is 11.1 Å². The Morgan fingerprint density at radius 2 is 1.75 bits per heavy atom. The Labute approximate surface area is 94.5 Å². The molecule has 0 atom stereocenters.